The second kappa shape index (κ2) is 4.36. The van der Waals surface area contributed by atoms with Gasteiger partial charge in [-0.1, -0.05) is 11.6 Å². The normalized spacial score (nSPS) is 20.4. The van der Waals surface area contributed by atoms with Crippen molar-refractivity contribution in [2.24, 2.45) is 0 Å². The highest BCUT2D eigenvalue weighted by atomic mass is 16.7. The number of rotatable bonds is 1. The van der Waals surface area contributed by atoms with Crippen molar-refractivity contribution in [3.63, 3.8) is 0 Å². The average molecular weight is 257 g/mol. The molecule has 4 heteroatoms. The van der Waals surface area contributed by atoms with Gasteiger partial charge in [-0.25, -0.2) is 0 Å². The first-order chi connectivity index (χ1) is 8.68. The average Bonchev–Trinajstić information content (AvgIpc) is 2.48. The van der Waals surface area contributed by atoms with E-state index >= 15 is 0 Å². The first-order valence-electron chi connectivity index (χ1n) is 6.55. The van der Waals surface area contributed by atoms with Crippen molar-refractivity contribution in [2.75, 3.05) is 0 Å². The maximum Gasteiger partial charge on any atom is 0.495 e. The molecule has 1 aromatic carbocycles. The van der Waals surface area contributed by atoms with Gasteiger partial charge in [0, 0.05) is 0 Å². The lowest BCUT2D eigenvalue weighted by Gasteiger charge is -2.32. The highest BCUT2D eigenvalue weighted by Crippen LogP contribution is 2.36. The van der Waals surface area contributed by atoms with Crippen LogP contribution in [0.4, 0.5) is 0 Å². The van der Waals surface area contributed by atoms with Crippen LogP contribution >= 0.6 is 0 Å². The van der Waals surface area contributed by atoms with Gasteiger partial charge in [0.05, 0.1) is 22.8 Å². The smallest absolute Gasteiger partial charge is 0.399 e. The summed E-state index contributed by atoms with van der Waals surface area (Å²) in [6, 6.07) is 6.11. The molecule has 1 aliphatic heterocycles. The fourth-order valence-corrected chi connectivity index (χ4v) is 2.21. The summed E-state index contributed by atoms with van der Waals surface area (Å²) in [5, 5.41) is 9.15. The van der Waals surface area contributed by atoms with Crippen LogP contribution < -0.4 is 5.46 Å². The van der Waals surface area contributed by atoms with Crippen LogP contribution in [0.3, 0.4) is 0 Å². The van der Waals surface area contributed by atoms with Crippen molar-refractivity contribution >= 4 is 12.6 Å². The summed E-state index contributed by atoms with van der Waals surface area (Å²) in [7, 11) is -0.405. The number of hydrogen-bond donors (Lipinski definition) is 0. The summed E-state index contributed by atoms with van der Waals surface area (Å²) < 4.78 is 12.1. The van der Waals surface area contributed by atoms with Crippen LogP contribution in [0, 0.1) is 25.2 Å². The molecule has 3 nitrogen and oxygen atoms in total. The van der Waals surface area contributed by atoms with E-state index in [4.69, 9.17) is 14.6 Å². The first kappa shape index (κ1) is 14.1. The summed E-state index contributed by atoms with van der Waals surface area (Å²) in [4.78, 5) is 0. The highest BCUT2D eigenvalue weighted by Gasteiger charge is 2.52. The van der Waals surface area contributed by atoms with E-state index in [1.165, 1.54) is 0 Å². The zero-order valence-corrected chi connectivity index (χ0v) is 12.5. The van der Waals surface area contributed by atoms with Crippen LogP contribution in [-0.2, 0) is 9.31 Å². The fraction of sp³-hybridized carbons (Fsp3) is 0.533. The molecule has 1 saturated heterocycles. The Morgan fingerprint density at radius 1 is 1.00 bits per heavy atom. The number of nitriles is 1. The maximum atomic E-state index is 9.15. The van der Waals surface area contributed by atoms with E-state index in [-0.39, 0.29) is 11.2 Å². The van der Waals surface area contributed by atoms with Gasteiger partial charge in [-0.15, -0.1) is 0 Å². The lowest BCUT2D eigenvalue weighted by molar-refractivity contribution is 0.00578. The van der Waals surface area contributed by atoms with Crippen LogP contribution in [0.15, 0.2) is 12.1 Å². The van der Waals surface area contributed by atoms with E-state index in [0.717, 1.165) is 16.6 Å². The summed E-state index contributed by atoms with van der Waals surface area (Å²) in [6.45, 7) is 12.1. The van der Waals surface area contributed by atoms with E-state index < -0.39 is 7.12 Å². The lowest BCUT2D eigenvalue weighted by Crippen LogP contribution is -2.41. The minimum atomic E-state index is -0.405. The van der Waals surface area contributed by atoms with Gasteiger partial charge in [0.2, 0.25) is 0 Å². The zero-order chi connectivity index (χ0) is 14.4. The summed E-state index contributed by atoms with van der Waals surface area (Å²) in [5.74, 6) is 0. The standard InChI is InChI=1S/C15H20BNO2/c1-10-7-11(2)13(8-12(10)9-17)16-18-14(3,4)15(5,6)19-16/h7-8H,1-6H3. The Hall–Kier alpha value is -1.31. The van der Waals surface area contributed by atoms with Crippen LogP contribution in [0.1, 0.15) is 44.4 Å². The van der Waals surface area contributed by atoms with Gasteiger partial charge in [-0.2, -0.15) is 5.26 Å². The maximum absolute atomic E-state index is 9.15. The van der Waals surface area contributed by atoms with Gasteiger partial charge in [-0.3, -0.25) is 0 Å². The molecular formula is C15H20BNO2. The Balaban J connectivity index is 2.43. The molecule has 0 amide bonds. The Morgan fingerprint density at radius 2 is 1.53 bits per heavy atom. The molecule has 1 fully saturated rings. The largest absolute Gasteiger partial charge is 0.495 e. The molecule has 0 atom stereocenters. The molecule has 1 aromatic rings. The minimum absolute atomic E-state index is 0.359. The summed E-state index contributed by atoms with van der Waals surface area (Å²) in [6.07, 6.45) is 0. The zero-order valence-electron chi connectivity index (χ0n) is 12.5. The van der Waals surface area contributed by atoms with E-state index in [9.17, 15) is 0 Å². The third kappa shape index (κ3) is 2.29. The lowest BCUT2D eigenvalue weighted by atomic mass is 9.75. The van der Waals surface area contributed by atoms with Gasteiger partial charge in [0.15, 0.2) is 0 Å². The first-order valence-corrected chi connectivity index (χ1v) is 6.55. The predicted octanol–water partition coefficient (Wildman–Crippen LogP) is 2.47. The van der Waals surface area contributed by atoms with Crippen LogP contribution in [0.2, 0.25) is 0 Å². The van der Waals surface area contributed by atoms with Crippen molar-refractivity contribution in [1.82, 2.24) is 0 Å². The Labute approximate surface area is 115 Å². The molecule has 100 valence electrons. The number of nitrogens with zero attached hydrogens (tertiary/aromatic N) is 1. The number of aryl methyl sites for hydroxylation is 2. The molecule has 0 saturated carbocycles. The van der Waals surface area contributed by atoms with Gasteiger partial charge in [-0.05, 0) is 58.6 Å². The van der Waals surface area contributed by atoms with Gasteiger partial charge >= 0.3 is 7.12 Å². The molecule has 0 unspecified atom stereocenters. The number of hydrogen-bond acceptors (Lipinski definition) is 3. The molecule has 0 N–H and O–H groups in total. The Bertz CT molecular complexity index is 542. The molecule has 0 spiro atoms. The third-order valence-corrected chi connectivity index (χ3v) is 4.24. The van der Waals surface area contributed by atoms with E-state index in [1.54, 1.807) is 0 Å². The van der Waals surface area contributed by atoms with Gasteiger partial charge < -0.3 is 9.31 Å². The minimum Gasteiger partial charge on any atom is -0.399 e. The topological polar surface area (TPSA) is 42.2 Å². The second-order valence-corrected chi connectivity index (χ2v) is 6.22. The quantitative estimate of drug-likeness (QED) is 0.726. The SMILES string of the molecule is Cc1cc(C)c(B2OC(C)(C)C(C)(C)O2)cc1C#N. The molecule has 0 bridgehead atoms. The third-order valence-electron chi connectivity index (χ3n) is 4.24. The van der Waals surface area contributed by atoms with Crippen molar-refractivity contribution in [3.05, 3.63) is 28.8 Å². The van der Waals surface area contributed by atoms with Crippen LogP contribution in [0.25, 0.3) is 0 Å². The molecule has 2 rings (SSSR count). The Kier molecular flexibility index (Phi) is 3.24. The molecule has 1 aliphatic rings. The van der Waals surface area contributed by atoms with Crippen LogP contribution in [-0.4, -0.2) is 18.3 Å². The molecule has 19 heavy (non-hydrogen) atoms. The van der Waals surface area contributed by atoms with Crippen molar-refractivity contribution in [3.8, 4) is 6.07 Å². The van der Waals surface area contributed by atoms with Crippen molar-refractivity contribution in [1.29, 1.82) is 5.26 Å². The predicted molar refractivity (Wildman–Crippen MR) is 76.3 cm³/mol. The fourth-order valence-electron chi connectivity index (χ4n) is 2.21. The summed E-state index contributed by atoms with van der Waals surface area (Å²) in [5.41, 5.74) is 2.98. The van der Waals surface area contributed by atoms with Crippen molar-refractivity contribution in [2.45, 2.75) is 52.7 Å². The molecule has 1 heterocycles. The molecular weight excluding hydrogens is 237 g/mol. The van der Waals surface area contributed by atoms with E-state index in [0.29, 0.717) is 5.56 Å². The van der Waals surface area contributed by atoms with Gasteiger partial charge in [0.1, 0.15) is 0 Å². The second-order valence-electron chi connectivity index (χ2n) is 6.22. The summed E-state index contributed by atoms with van der Waals surface area (Å²) >= 11 is 0. The van der Waals surface area contributed by atoms with E-state index in [2.05, 4.69) is 6.07 Å². The molecule has 0 aromatic heterocycles. The number of benzene rings is 1. The van der Waals surface area contributed by atoms with E-state index in [1.807, 2.05) is 53.7 Å². The molecule has 0 aliphatic carbocycles. The Morgan fingerprint density at radius 3 is 2.00 bits per heavy atom. The molecule has 0 radical (unpaired) electrons. The van der Waals surface area contributed by atoms with Crippen molar-refractivity contribution < 1.29 is 9.31 Å². The monoisotopic (exact) mass is 257 g/mol. The van der Waals surface area contributed by atoms with Crippen LogP contribution in [0.5, 0.6) is 0 Å². The van der Waals surface area contributed by atoms with Gasteiger partial charge in [0.25, 0.3) is 0 Å². The highest BCUT2D eigenvalue weighted by molar-refractivity contribution is 6.62.